The molecule has 0 bridgehead atoms. The van der Waals surface area contributed by atoms with Crippen molar-refractivity contribution >= 4 is 17.8 Å². The molecule has 0 atom stereocenters. The summed E-state index contributed by atoms with van der Waals surface area (Å²) in [5, 5.41) is 14.6. The van der Waals surface area contributed by atoms with Crippen LogP contribution in [0.3, 0.4) is 0 Å². The van der Waals surface area contributed by atoms with Gasteiger partial charge in [-0.25, -0.2) is 0 Å². The normalized spacial score (nSPS) is 10.9. The zero-order valence-corrected chi connectivity index (χ0v) is 12.6. The van der Waals surface area contributed by atoms with E-state index < -0.39 is 11.4 Å². The molecule has 0 aliphatic rings. The van der Waals surface area contributed by atoms with E-state index in [0.717, 1.165) is 6.42 Å². The van der Waals surface area contributed by atoms with Gasteiger partial charge in [-0.2, -0.15) is 0 Å². The van der Waals surface area contributed by atoms with Gasteiger partial charge < -0.3 is 15.7 Å². The van der Waals surface area contributed by atoms with E-state index in [1.54, 1.807) is 13.8 Å². The van der Waals surface area contributed by atoms with Crippen molar-refractivity contribution in [2.24, 2.45) is 5.41 Å². The lowest BCUT2D eigenvalue weighted by atomic mass is 9.79. The zero-order chi connectivity index (χ0) is 15.6. The minimum atomic E-state index is -1.01. The molecule has 0 saturated carbocycles. The summed E-state index contributed by atoms with van der Waals surface area (Å²) >= 11 is 0. The Morgan fingerprint density at radius 3 is 1.95 bits per heavy atom. The maximum Gasteiger partial charge on any atom is 0.310 e. The molecule has 0 radical (unpaired) electrons. The Morgan fingerprint density at radius 1 is 0.950 bits per heavy atom. The second kappa shape index (κ2) is 9.34. The van der Waals surface area contributed by atoms with Crippen LogP contribution in [0.15, 0.2) is 0 Å². The van der Waals surface area contributed by atoms with Gasteiger partial charge >= 0.3 is 5.97 Å². The van der Waals surface area contributed by atoms with Crippen molar-refractivity contribution in [1.29, 1.82) is 0 Å². The molecule has 2 amide bonds. The van der Waals surface area contributed by atoms with Gasteiger partial charge in [-0.1, -0.05) is 20.8 Å². The number of carboxylic acids is 1. The number of hydrogen-bond acceptors (Lipinski definition) is 3. The third-order valence-electron chi connectivity index (χ3n) is 3.55. The molecular weight excluding hydrogens is 260 g/mol. The van der Waals surface area contributed by atoms with Crippen molar-refractivity contribution in [3.63, 3.8) is 0 Å². The number of nitrogens with one attached hydrogen (secondary N) is 2. The Balaban J connectivity index is 4.16. The Kier molecular flexibility index (Phi) is 8.59. The molecule has 0 rings (SSSR count). The second-order valence-corrected chi connectivity index (χ2v) is 4.92. The van der Waals surface area contributed by atoms with Gasteiger partial charge in [0, 0.05) is 25.9 Å². The first-order valence-corrected chi connectivity index (χ1v) is 7.18. The molecule has 0 unspecified atom stereocenters. The van der Waals surface area contributed by atoms with Gasteiger partial charge in [0.15, 0.2) is 0 Å². The molecule has 0 aromatic rings. The van der Waals surface area contributed by atoms with Gasteiger partial charge in [0.1, 0.15) is 0 Å². The van der Waals surface area contributed by atoms with Gasteiger partial charge in [0.2, 0.25) is 11.8 Å². The van der Waals surface area contributed by atoms with Crippen LogP contribution in [0.5, 0.6) is 0 Å². The predicted octanol–water partition coefficient (Wildman–Crippen LogP) is 1.30. The van der Waals surface area contributed by atoms with Crippen molar-refractivity contribution in [2.45, 2.75) is 52.9 Å². The van der Waals surface area contributed by atoms with E-state index in [0.29, 0.717) is 19.4 Å². The van der Waals surface area contributed by atoms with Crippen molar-refractivity contribution in [2.75, 3.05) is 13.1 Å². The maximum absolute atomic E-state index is 11.8. The summed E-state index contributed by atoms with van der Waals surface area (Å²) in [6.07, 6.45) is 1.84. The summed E-state index contributed by atoms with van der Waals surface area (Å²) in [5.41, 5.74) is -1.01. The minimum Gasteiger partial charge on any atom is -0.481 e. The average molecular weight is 286 g/mol. The summed E-state index contributed by atoms with van der Waals surface area (Å²) in [4.78, 5) is 34.4. The van der Waals surface area contributed by atoms with Crippen LogP contribution >= 0.6 is 0 Å². The third-order valence-corrected chi connectivity index (χ3v) is 3.55. The lowest BCUT2D eigenvalue weighted by Gasteiger charge is -2.25. The molecule has 0 fully saturated rings. The lowest BCUT2D eigenvalue weighted by molar-refractivity contribution is -0.152. The number of rotatable bonds is 10. The highest BCUT2D eigenvalue weighted by Crippen LogP contribution is 2.30. The Morgan fingerprint density at radius 2 is 1.50 bits per heavy atom. The lowest BCUT2D eigenvalue weighted by Crippen LogP contribution is -2.38. The van der Waals surface area contributed by atoms with Gasteiger partial charge in [-0.3, -0.25) is 14.4 Å². The summed E-state index contributed by atoms with van der Waals surface area (Å²) in [7, 11) is 0. The summed E-state index contributed by atoms with van der Waals surface area (Å²) in [6.45, 7) is 6.35. The quantitative estimate of drug-likeness (QED) is 0.564. The molecule has 6 heteroatoms. The number of carboxylic acid groups (broad SMARTS) is 1. The third kappa shape index (κ3) is 6.04. The Hall–Kier alpha value is -1.59. The first-order valence-electron chi connectivity index (χ1n) is 7.18. The minimum absolute atomic E-state index is 0.0497. The van der Waals surface area contributed by atoms with E-state index in [-0.39, 0.29) is 31.2 Å². The van der Waals surface area contributed by atoms with Crippen LogP contribution in [0.4, 0.5) is 0 Å². The average Bonchev–Trinajstić information content (AvgIpc) is 2.42. The number of carbonyl (C=O) groups is 3. The SMILES string of the molecule is CCCNC(=O)CCNC(=O)CC(CC)(CC)C(=O)O. The van der Waals surface area contributed by atoms with Gasteiger partial charge in [-0.15, -0.1) is 0 Å². The molecule has 0 spiro atoms. The van der Waals surface area contributed by atoms with E-state index in [1.165, 1.54) is 0 Å². The molecule has 20 heavy (non-hydrogen) atoms. The smallest absolute Gasteiger partial charge is 0.310 e. The van der Waals surface area contributed by atoms with E-state index in [9.17, 15) is 19.5 Å². The van der Waals surface area contributed by atoms with E-state index in [1.807, 2.05) is 6.92 Å². The standard InChI is InChI=1S/C14H26N2O4/c1-4-8-15-11(17)7-9-16-12(18)10-14(5-2,6-3)13(19)20/h4-10H2,1-3H3,(H,15,17)(H,16,18)(H,19,20). The molecule has 0 aromatic heterocycles. The monoisotopic (exact) mass is 286 g/mol. The summed E-state index contributed by atoms with van der Waals surface area (Å²) in [6, 6.07) is 0. The molecule has 0 aromatic carbocycles. The fraction of sp³-hybridized carbons (Fsp3) is 0.786. The van der Waals surface area contributed by atoms with Crippen LogP contribution in [0.1, 0.15) is 52.9 Å². The fourth-order valence-electron chi connectivity index (χ4n) is 1.92. The van der Waals surface area contributed by atoms with Crippen molar-refractivity contribution < 1.29 is 19.5 Å². The molecule has 0 aliphatic heterocycles. The van der Waals surface area contributed by atoms with Crippen LogP contribution in [0.2, 0.25) is 0 Å². The number of hydrogen-bond donors (Lipinski definition) is 3. The van der Waals surface area contributed by atoms with E-state index >= 15 is 0 Å². The summed E-state index contributed by atoms with van der Waals surface area (Å²) in [5.74, 6) is -1.37. The van der Waals surface area contributed by atoms with Crippen LogP contribution in [-0.2, 0) is 14.4 Å². The largest absolute Gasteiger partial charge is 0.481 e. The number of aliphatic carboxylic acids is 1. The number of carbonyl (C=O) groups excluding carboxylic acids is 2. The Labute approximate surface area is 120 Å². The van der Waals surface area contributed by atoms with Crippen LogP contribution in [-0.4, -0.2) is 36.0 Å². The molecule has 0 aliphatic carbocycles. The summed E-state index contributed by atoms with van der Waals surface area (Å²) < 4.78 is 0. The molecule has 0 saturated heterocycles. The molecule has 0 heterocycles. The zero-order valence-electron chi connectivity index (χ0n) is 12.6. The van der Waals surface area contributed by atoms with E-state index in [2.05, 4.69) is 10.6 Å². The molecule has 116 valence electrons. The van der Waals surface area contributed by atoms with E-state index in [4.69, 9.17) is 0 Å². The highest BCUT2D eigenvalue weighted by atomic mass is 16.4. The van der Waals surface area contributed by atoms with Gasteiger partial charge in [0.05, 0.1) is 5.41 Å². The van der Waals surface area contributed by atoms with Crippen molar-refractivity contribution in [3.05, 3.63) is 0 Å². The van der Waals surface area contributed by atoms with Gasteiger partial charge in [0.25, 0.3) is 0 Å². The fourth-order valence-corrected chi connectivity index (χ4v) is 1.92. The Bertz CT molecular complexity index is 338. The van der Waals surface area contributed by atoms with Crippen LogP contribution in [0.25, 0.3) is 0 Å². The number of amides is 2. The highest BCUT2D eigenvalue weighted by Gasteiger charge is 2.36. The molecular formula is C14H26N2O4. The maximum atomic E-state index is 11.8. The molecule has 3 N–H and O–H groups in total. The first kappa shape index (κ1) is 18.4. The second-order valence-electron chi connectivity index (χ2n) is 4.92. The first-order chi connectivity index (χ1) is 9.41. The topological polar surface area (TPSA) is 95.5 Å². The van der Waals surface area contributed by atoms with Crippen molar-refractivity contribution in [3.8, 4) is 0 Å². The predicted molar refractivity (Wildman–Crippen MR) is 76.2 cm³/mol. The van der Waals surface area contributed by atoms with Crippen molar-refractivity contribution in [1.82, 2.24) is 10.6 Å². The van der Waals surface area contributed by atoms with Crippen LogP contribution < -0.4 is 10.6 Å². The van der Waals surface area contributed by atoms with Gasteiger partial charge in [-0.05, 0) is 19.3 Å². The van der Waals surface area contributed by atoms with Crippen LogP contribution in [0, 0.1) is 5.41 Å². The molecule has 6 nitrogen and oxygen atoms in total. The highest BCUT2D eigenvalue weighted by molar-refractivity contribution is 5.85.